The molecule has 0 atom stereocenters. The first-order chi connectivity index (χ1) is 13.5. The second kappa shape index (κ2) is 8.63. The van der Waals surface area contributed by atoms with E-state index < -0.39 is 5.82 Å². The number of rotatable bonds is 5. The predicted octanol–water partition coefficient (Wildman–Crippen LogP) is 3.56. The first-order valence-corrected chi connectivity index (χ1v) is 8.99. The van der Waals surface area contributed by atoms with Crippen LogP contribution in [0.4, 0.5) is 10.1 Å². The minimum Gasteiger partial charge on any atom is -0.867 e. The minimum absolute atomic E-state index is 0.248. The molecule has 0 unspecified atom stereocenters. The monoisotopic (exact) mass is 394 g/mol. The normalized spacial score (nSPS) is 11.5. The zero-order valence-electron chi connectivity index (χ0n) is 15.5. The topological polar surface area (TPSA) is 48.2 Å². The number of pyridine rings is 1. The summed E-state index contributed by atoms with van der Waals surface area (Å²) in [5.74, 6) is -0.0446. The number of hydrogen-bond acceptors (Lipinski definition) is 3. The Hall–Kier alpha value is -3.25. The van der Waals surface area contributed by atoms with Gasteiger partial charge in [0.2, 0.25) is 5.70 Å². The lowest BCUT2D eigenvalue weighted by Crippen LogP contribution is -2.40. The fourth-order valence-electron chi connectivity index (χ4n) is 2.70. The molecule has 3 aromatic rings. The van der Waals surface area contributed by atoms with Crippen LogP contribution in [0.1, 0.15) is 11.1 Å². The van der Waals surface area contributed by atoms with Crippen molar-refractivity contribution in [3.63, 3.8) is 0 Å². The third kappa shape index (κ3) is 4.53. The Balaban J connectivity index is 2.06. The van der Waals surface area contributed by atoms with Crippen molar-refractivity contribution in [2.75, 3.05) is 12.4 Å². The first-order valence-electron chi connectivity index (χ1n) is 8.59. The third-order valence-electron chi connectivity index (χ3n) is 4.07. The summed E-state index contributed by atoms with van der Waals surface area (Å²) in [7, 11) is 1.58. The summed E-state index contributed by atoms with van der Waals surface area (Å²) < 4.78 is 20.2. The van der Waals surface area contributed by atoms with Crippen molar-refractivity contribution in [3.05, 3.63) is 90.0 Å². The number of hydrogen-bond donors (Lipinski definition) is 1. The van der Waals surface area contributed by atoms with E-state index in [4.69, 9.17) is 17.0 Å². The lowest BCUT2D eigenvalue weighted by Gasteiger charge is -2.17. The molecule has 1 N–H and O–H groups in total. The van der Waals surface area contributed by atoms with Crippen molar-refractivity contribution in [2.45, 2.75) is 6.92 Å². The third-order valence-corrected chi connectivity index (χ3v) is 4.37. The number of aromatic nitrogens is 1. The molecule has 0 aliphatic rings. The number of ether oxygens (including phenoxy) is 1. The Morgan fingerprint density at radius 1 is 1.11 bits per heavy atom. The molecule has 0 saturated heterocycles. The van der Waals surface area contributed by atoms with Crippen LogP contribution < -0.4 is 19.7 Å². The van der Waals surface area contributed by atoms with Gasteiger partial charge in [-0.25, -0.2) is 4.39 Å². The van der Waals surface area contributed by atoms with Gasteiger partial charge in [-0.1, -0.05) is 30.4 Å². The van der Waals surface area contributed by atoms with Crippen molar-refractivity contribution in [1.82, 2.24) is 0 Å². The van der Waals surface area contributed by atoms with Gasteiger partial charge in [-0.15, -0.1) is 0 Å². The molecule has 28 heavy (non-hydrogen) atoms. The van der Waals surface area contributed by atoms with E-state index in [0.717, 1.165) is 5.56 Å². The Kier molecular flexibility index (Phi) is 6.01. The average molecular weight is 394 g/mol. The molecule has 2 aromatic carbocycles. The predicted molar refractivity (Wildman–Crippen MR) is 110 cm³/mol. The fourth-order valence-corrected chi connectivity index (χ4v) is 3.01. The van der Waals surface area contributed by atoms with E-state index in [1.54, 1.807) is 23.9 Å². The summed E-state index contributed by atoms with van der Waals surface area (Å²) in [6.07, 6.45) is 3.57. The highest BCUT2D eigenvalue weighted by atomic mass is 32.1. The van der Waals surface area contributed by atoms with Gasteiger partial charge in [-0.05, 0) is 48.6 Å². The number of anilines is 1. The molecule has 0 saturated carbocycles. The molecular weight excluding hydrogens is 375 g/mol. The van der Waals surface area contributed by atoms with Crippen LogP contribution in [0, 0.1) is 12.7 Å². The number of nitrogens with one attached hydrogen (secondary N) is 1. The molecule has 0 spiro atoms. The van der Waals surface area contributed by atoms with Gasteiger partial charge >= 0.3 is 0 Å². The molecule has 0 radical (unpaired) electrons. The molecule has 3 rings (SSSR count). The molecule has 1 heterocycles. The fraction of sp³-hybridized carbons (Fsp3) is 0.0909. The standard InChI is InChI=1S/C22H19FN2O2S/c1-15-5-4-12-25(14-15)20(21(26)16-8-10-17(23)11-9-16)22(28)24-18-6-3-7-19(13-18)27-2/h3-14H,1-2H3,(H-,24,26,28). The molecule has 1 aromatic heterocycles. The van der Waals surface area contributed by atoms with E-state index in [2.05, 4.69) is 5.32 Å². The van der Waals surface area contributed by atoms with Gasteiger partial charge in [0.15, 0.2) is 17.4 Å². The maximum atomic E-state index is 13.3. The van der Waals surface area contributed by atoms with Crippen molar-refractivity contribution >= 4 is 34.3 Å². The highest BCUT2D eigenvalue weighted by Gasteiger charge is 2.19. The van der Waals surface area contributed by atoms with Crippen molar-refractivity contribution in [2.24, 2.45) is 0 Å². The average Bonchev–Trinajstić information content (AvgIpc) is 2.69. The van der Waals surface area contributed by atoms with Gasteiger partial charge in [-0.2, -0.15) is 4.57 Å². The molecule has 6 heteroatoms. The van der Waals surface area contributed by atoms with Crippen LogP contribution in [0.25, 0.3) is 11.5 Å². The zero-order valence-corrected chi connectivity index (χ0v) is 16.3. The summed E-state index contributed by atoms with van der Waals surface area (Å²) in [6.45, 7) is 1.93. The molecule has 0 aliphatic carbocycles. The molecule has 0 fully saturated rings. The summed E-state index contributed by atoms with van der Waals surface area (Å²) >= 11 is 5.56. The van der Waals surface area contributed by atoms with Crippen LogP contribution >= 0.6 is 12.2 Å². The Labute approximate surface area is 168 Å². The summed E-state index contributed by atoms with van der Waals surface area (Å²) in [4.78, 5) is 0.248. The maximum Gasteiger partial charge on any atom is 0.238 e. The maximum absolute atomic E-state index is 13.3. The molecule has 0 aliphatic heterocycles. The molecule has 142 valence electrons. The molecule has 0 bridgehead atoms. The molecular formula is C22H19FN2O2S. The van der Waals surface area contributed by atoms with Crippen LogP contribution in [0.5, 0.6) is 5.75 Å². The highest BCUT2D eigenvalue weighted by Crippen LogP contribution is 2.20. The number of halogens is 1. The van der Waals surface area contributed by atoms with Crippen molar-refractivity contribution in [1.29, 1.82) is 0 Å². The summed E-state index contributed by atoms with van der Waals surface area (Å²) in [5, 5.41) is 16.3. The van der Waals surface area contributed by atoms with Gasteiger partial charge in [-0.3, -0.25) is 0 Å². The second-order valence-corrected chi connectivity index (χ2v) is 6.57. The Morgan fingerprint density at radius 3 is 2.54 bits per heavy atom. The quantitative estimate of drug-likeness (QED) is 0.311. The van der Waals surface area contributed by atoms with E-state index in [-0.39, 0.29) is 16.4 Å². The highest BCUT2D eigenvalue weighted by molar-refractivity contribution is 7.81. The van der Waals surface area contributed by atoms with Gasteiger partial charge in [0.05, 0.1) is 7.11 Å². The van der Waals surface area contributed by atoms with Crippen LogP contribution in [0.15, 0.2) is 73.1 Å². The molecule has 0 amide bonds. The number of methoxy groups -OCH3 is 1. The van der Waals surface area contributed by atoms with Gasteiger partial charge in [0.1, 0.15) is 11.6 Å². The van der Waals surface area contributed by atoms with Crippen molar-refractivity contribution < 1.29 is 18.8 Å². The van der Waals surface area contributed by atoms with Crippen molar-refractivity contribution in [3.8, 4) is 5.75 Å². The second-order valence-electron chi connectivity index (χ2n) is 6.16. The summed E-state index contributed by atoms with van der Waals surface area (Å²) in [5.41, 5.74) is 2.28. The number of aryl methyl sites for hydroxylation is 1. The lowest BCUT2D eigenvalue weighted by atomic mass is 10.1. The Bertz CT molecular complexity index is 1030. The van der Waals surface area contributed by atoms with E-state index in [0.29, 0.717) is 17.0 Å². The minimum atomic E-state index is -0.404. The molecule has 4 nitrogen and oxygen atoms in total. The Morgan fingerprint density at radius 2 is 1.86 bits per heavy atom. The summed E-state index contributed by atoms with van der Waals surface area (Å²) in [6, 6.07) is 16.4. The van der Waals surface area contributed by atoms with E-state index in [1.807, 2.05) is 43.5 Å². The van der Waals surface area contributed by atoms with Gasteiger partial charge in [0.25, 0.3) is 0 Å². The number of nitrogens with zero attached hydrogens (tertiary/aromatic N) is 1. The van der Waals surface area contributed by atoms with Crippen LogP contribution in [0.2, 0.25) is 0 Å². The first kappa shape index (κ1) is 19.5. The van der Waals surface area contributed by atoms with Crippen LogP contribution in [0.3, 0.4) is 0 Å². The van der Waals surface area contributed by atoms with E-state index in [1.165, 1.54) is 24.3 Å². The zero-order chi connectivity index (χ0) is 20.1. The SMILES string of the molecule is COc1cccc(NC(=S)C(=C([O-])c2ccc(F)cc2)[n+]2cccc(C)c2)c1. The largest absolute Gasteiger partial charge is 0.867 e. The van der Waals surface area contributed by atoms with Gasteiger partial charge in [0, 0.05) is 23.4 Å². The number of benzene rings is 2. The van der Waals surface area contributed by atoms with Gasteiger partial charge < -0.3 is 15.2 Å². The number of thiocarbonyl (C=S) groups is 1. The van der Waals surface area contributed by atoms with Crippen LogP contribution in [-0.2, 0) is 0 Å². The smallest absolute Gasteiger partial charge is 0.238 e. The van der Waals surface area contributed by atoms with Crippen LogP contribution in [-0.4, -0.2) is 12.1 Å². The lowest BCUT2D eigenvalue weighted by molar-refractivity contribution is -0.578. The van der Waals surface area contributed by atoms with E-state index >= 15 is 0 Å². The van der Waals surface area contributed by atoms with E-state index in [9.17, 15) is 9.50 Å².